The normalized spacial score (nSPS) is 23.2. The van der Waals surface area contributed by atoms with Crippen LogP contribution < -0.4 is 5.32 Å². The molecule has 2 fully saturated rings. The molecule has 2 aliphatic rings. The number of carbonyl (C=O) groups is 3. The molecule has 2 rings (SSSR count). The molecule has 2 heterocycles. The summed E-state index contributed by atoms with van der Waals surface area (Å²) in [4.78, 5) is 38.2. The van der Waals surface area contributed by atoms with E-state index in [4.69, 9.17) is 4.74 Å². The van der Waals surface area contributed by atoms with Crippen LogP contribution in [0.5, 0.6) is 0 Å². The van der Waals surface area contributed by atoms with Crippen LogP contribution in [0.1, 0.15) is 20.3 Å². The van der Waals surface area contributed by atoms with Gasteiger partial charge >= 0.3 is 6.09 Å². The molecule has 2 aliphatic heterocycles. The van der Waals surface area contributed by atoms with Crippen molar-refractivity contribution in [1.29, 1.82) is 0 Å². The van der Waals surface area contributed by atoms with E-state index in [0.717, 1.165) is 0 Å². The van der Waals surface area contributed by atoms with Crippen LogP contribution in [0.25, 0.3) is 0 Å². The molecule has 112 valence electrons. The number of amides is 3. The van der Waals surface area contributed by atoms with Gasteiger partial charge in [-0.3, -0.25) is 14.5 Å². The largest absolute Gasteiger partial charge is 0.449 e. The van der Waals surface area contributed by atoms with Crippen molar-refractivity contribution >= 4 is 17.9 Å². The Kier molecular flexibility index (Phi) is 4.46. The number of hydrogen-bond donors (Lipinski definition) is 1. The van der Waals surface area contributed by atoms with E-state index < -0.39 is 6.09 Å². The van der Waals surface area contributed by atoms with Crippen molar-refractivity contribution in [3.8, 4) is 0 Å². The van der Waals surface area contributed by atoms with Crippen LogP contribution in [0.15, 0.2) is 0 Å². The van der Waals surface area contributed by atoms with Crippen molar-refractivity contribution in [2.75, 3.05) is 32.8 Å². The van der Waals surface area contributed by atoms with Crippen molar-refractivity contribution in [3.63, 3.8) is 0 Å². The maximum Gasteiger partial charge on any atom is 0.410 e. The second kappa shape index (κ2) is 6.11. The highest BCUT2D eigenvalue weighted by molar-refractivity contribution is 5.85. The fraction of sp³-hybridized carbons (Fsp3) is 0.769. The first-order valence-corrected chi connectivity index (χ1v) is 6.95. The number of nitrogens with one attached hydrogen (secondary N) is 1. The highest BCUT2D eigenvalue weighted by Gasteiger charge is 2.35. The van der Waals surface area contributed by atoms with Gasteiger partial charge in [0.1, 0.15) is 6.54 Å². The topological polar surface area (TPSA) is 79.0 Å². The molecule has 3 amide bonds. The fourth-order valence-corrected chi connectivity index (χ4v) is 2.37. The summed E-state index contributed by atoms with van der Waals surface area (Å²) in [7, 11) is 0. The van der Waals surface area contributed by atoms with Gasteiger partial charge < -0.3 is 15.0 Å². The van der Waals surface area contributed by atoms with E-state index in [-0.39, 0.29) is 30.3 Å². The van der Waals surface area contributed by atoms with Crippen molar-refractivity contribution in [1.82, 2.24) is 15.1 Å². The van der Waals surface area contributed by atoms with E-state index in [1.54, 1.807) is 4.90 Å². The van der Waals surface area contributed by atoms with Gasteiger partial charge in [-0.15, -0.1) is 0 Å². The zero-order valence-corrected chi connectivity index (χ0v) is 11.9. The van der Waals surface area contributed by atoms with Gasteiger partial charge in [-0.25, -0.2) is 4.79 Å². The smallest absolute Gasteiger partial charge is 0.410 e. The number of rotatable bonds is 3. The quantitative estimate of drug-likeness (QED) is 0.779. The molecular weight excluding hydrogens is 262 g/mol. The van der Waals surface area contributed by atoms with E-state index >= 15 is 0 Å². The van der Waals surface area contributed by atoms with Crippen LogP contribution in [-0.4, -0.2) is 66.5 Å². The van der Waals surface area contributed by atoms with Crippen molar-refractivity contribution in [2.45, 2.75) is 26.3 Å². The van der Waals surface area contributed by atoms with Crippen LogP contribution in [0, 0.1) is 5.92 Å². The summed E-state index contributed by atoms with van der Waals surface area (Å²) in [6.45, 7) is 5.71. The molecule has 20 heavy (non-hydrogen) atoms. The molecule has 2 saturated heterocycles. The molecule has 7 nitrogen and oxygen atoms in total. The van der Waals surface area contributed by atoms with Crippen LogP contribution in [0.4, 0.5) is 4.79 Å². The van der Waals surface area contributed by atoms with E-state index in [9.17, 15) is 14.4 Å². The summed E-state index contributed by atoms with van der Waals surface area (Å²) < 4.78 is 5.12. The lowest BCUT2D eigenvalue weighted by atomic mass is 10.2. The maximum atomic E-state index is 12.1. The molecular formula is C13H21N3O4. The summed E-state index contributed by atoms with van der Waals surface area (Å²) in [5.41, 5.74) is 0. The molecule has 1 unspecified atom stereocenters. The van der Waals surface area contributed by atoms with Crippen molar-refractivity contribution in [3.05, 3.63) is 0 Å². The predicted molar refractivity (Wildman–Crippen MR) is 70.9 cm³/mol. The van der Waals surface area contributed by atoms with Gasteiger partial charge in [-0.1, -0.05) is 13.8 Å². The minimum Gasteiger partial charge on any atom is -0.449 e. The average molecular weight is 283 g/mol. The summed E-state index contributed by atoms with van der Waals surface area (Å²) in [5, 5.41) is 2.72. The summed E-state index contributed by atoms with van der Waals surface area (Å²) in [6.07, 6.45) is -0.0869. The lowest BCUT2D eigenvalue weighted by Crippen LogP contribution is -2.56. The lowest BCUT2D eigenvalue weighted by Gasteiger charge is -2.36. The Bertz CT molecular complexity index is 410. The Morgan fingerprint density at radius 1 is 1.40 bits per heavy atom. The summed E-state index contributed by atoms with van der Waals surface area (Å²) in [6, 6.07) is -0.0798. The zero-order valence-electron chi connectivity index (χ0n) is 11.9. The van der Waals surface area contributed by atoms with Gasteiger partial charge in [0.05, 0.1) is 12.6 Å². The standard InChI is InChI=1S/C13H21N3O4/c1-9(2)8-20-13(19)15-3-4-16(12(18)7-15)10-5-11(17)14-6-10/h9-10H,3-8H2,1-2H3,(H,14,17). The van der Waals surface area contributed by atoms with Crippen molar-refractivity contribution < 1.29 is 19.1 Å². The fourth-order valence-electron chi connectivity index (χ4n) is 2.37. The molecule has 0 aliphatic carbocycles. The summed E-state index contributed by atoms with van der Waals surface area (Å²) in [5.74, 6) is 0.118. The second-order valence-electron chi connectivity index (χ2n) is 5.64. The first-order valence-electron chi connectivity index (χ1n) is 6.95. The molecule has 0 aromatic heterocycles. The Hall–Kier alpha value is -1.79. The highest BCUT2D eigenvalue weighted by atomic mass is 16.6. The third-order valence-corrected chi connectivity index (χ3v) is 3.45. The molecule has 0 radical (unpaired) electrons. The number of carbonyl (C=O) groups excluding carboxylic acids is 3. The minimum absolute atomic E-state index is 0.0263. The first kappa shape index (κ1) is 14.6. The Labute approximate surface area is 118 Å². The third-order valence-electron chi connectivity index (χ3n) is 3.45. The lowest BCUT2D eigenvalue weighted by molar-refractivity contribution is -0.137. The van der Waals surface area contributed by atoms with Gasteiger partial charge in [0.25, 0.3) is 0 Å². The Balaban J connectivity index is 1.84. The van der Waals surface area contributed by atoms with Crippen LogP contribution in [-0.2, 0) is 14.3 Å². The van der Waals surface area contributed by atoms with Gasteiger partial charge in [0, 0.05) is 26.1 Å². The minimum atomic E-state index is -0.438. The Morgan fingerprint density at radius 3 is 2.70 bits per heavy atom. The van der Waals surface area contributed by atoms with E-state index in [2.05, 4.69) is 5.32 Å². The monoisotopic (exact) mass is 283 g/mol. The van der Waals surface area contributed by atoms with Crippen molar-refractivity contribution in [2.24, 2.45) is 5.92 Å². The number of hydrogen-bond acceptors (Lipinski definition) is 4. The average Bonchev–Trinajstić information content (AvgIpc) is 2.82. The maximum absolute atomic E-state index is 12.1. The predicted octanol–water partition coefficient (Wildman–Crippen LogP) is -0.188. The van der Waals surface area contributed by atoms with E-state index in [1.807, 2.05) is 13.8 Å². The molecule has 0 aromatic rings. The van der Waals surface area contributed by atoms with Crippen LogP contribution >= 0.6 is 0 Å². The van der Waals surface area contributed by atoms with E-state index in [1.165, 1.54) is 4.90 Å². The van der Waals surface area contributed by atoms with Gasteiger partial charge in [-0.05, 0) is 5.92 Å². The molecule has 0 bridgehead atoms. The first-order chi connectivity index (χ1) is 9.47. The van der Waals surface area contributed by atoms with Gasteiger partial charge in [0.15, 0.2) is 0 Å². The number of nitrogens with zero attached hydrogens (tertiary/aromatic N) is 2. The molecule has 0 spiro atoms. The van der Waals surface area contributed by atoms with Gasteiger partial charge in [-0.2, -0.15) is 0 Å². The van der Waals surface area contributed by atoms with Crippen LogP contribution in [0.3, 0.4) is 0 Å². The molecule has 0 saturated carbocycles. The van der Waals surface area contributed by atoms with Crippen LogP contribution in [0.2, 0.25) is 0 Å². The number of ether oxygens (including phenoxy) is 1. The van der Waals surface area contributed by atoms with Gasteiger partial charge in [0.2, 0.25) is 11.8 Å². The molecule has 0 aromatic carbocycles. The molecule has 1 N–H and O–H groups in total. The summed E-state index contributed by atoms with van der Waals surface area (Å²) >= 11 is 0. The Morgan fingerprint density at radius 2 is 2.15 bits per heavy atom. The number of piperazine rings is 1. The molecule has 1 atom stereocenters. The zero-order chi connectivity index (χ0) is 14.7. The second-order valence-corrected chi connectivity index (χ2v) is 5.64. The molecule has 7 heteroatoms. The van der Waals surface area contributed by atoms with E-state index in [0.29, 0.717) is 32.7 Å². The third kappa shape index (κ3) is 3.40. The SMILES string of the molecule is CC(C)COC(=O)N1CCN(C2CNC(=O)C2)C(=O)C1. The highest BCUT2D eigenvalue weighted by Crippen LogP contribution is 2.14.